The number of aliphatic imine (C=N–C) groups is 1. The van der Waals surface area contributed by atoms with Gasteiger partial charge in [0.05, 0.1) is 34.1 Å². The van der Waals surface area contributed by atoms with Crippen LogP contribution in [0.4, 0.5) is 20.4 Å². The molecule has 0 aliphatic carbocycles. The number of aromatic nitrogens is 2. The van der Waals surface area contributed by atoms with Crippen LogP contribution in [0.2, 0.25) is 10.0 Å². The normalized spacial score (nSPS) is 15.0. The molecule has 6 rings (SSSR count). The molecule has 1 amide bonds. The van der Waals surface area contributed by atoms with E-state index in [4.69, 9.17) is 28.2 Å². The van der Waals surface area contributed by atoms with Gasteiger partial charge in [-0.3, -0.25) is 9.79 Å². The number of carbonyl (C=O) groups excluding carboxylic acids is 1. The van der Waals surface area contributed by atoms with Crippen LogP contribution in [-0.2, 0) is 6.54 Å². The first-order valence-electron chi connectivity index (χ1n) is 13.9. The highest BCUT2D eigenvalue weighted by Gasteiger charge is 2.27. The Hall–Kier alpha value is -3.92. The summed E-state index contributed by atoms with van der Waals surface area (Å²) in [5, 5.41) is 3.94. The van der Waals surface area contributed by atoms with E-state index < -0.39 is 11.6 Å². The first-order chi connectivity index (χ1) is 20.7. The fraction of sp³-hybridized carbons (Fsp3) is 0.250. The van der Waals surface area contributed by atoms with E-state index >= 15 is 0 Å². The summed E-state index contributed by atoms with van der Waals surface area (Å²) >= 11 is 12.8. The van der Waals surface area contributed by atoms with Crippen LogP contribution in [0.15, 0.2) is 65.8 Å². The van der Waals surface area contributed by atoms with Gasteiger partial charge in [-0.15, -0.1) is 0 Å². The summed E-state index contributed by atoms with van der Waals surface area (Å²) in [6.45, 7) is 1.43. The van der Waals surface area contributed by atoms with Crippen molar-refractivity contribution in [2.24, 2.45) is 4.99 Å². The zero-order valence-electron chi connectivity index (χ0n) is 23.5. The summed E-state index contributed by atoms with van der Waals surface area (Å²) in [6, 6.07) is 14.4. The number of rotatable bonds is 5. The molecular weight excluding hydrogens is 593 g/mol. The monoisotopic (exact) mass is 620 g/mol. The van der Waals surface area contributed by atoms with Gasteiger partial charge in [0.2, 0.25) is 5.95 Å². The molecule has 1 N–H and O–H groups in total. The largest absolute Gasteiger partial charge is 0.338 e. The van der Waals surface area contributed by atoms with E-state index in [1.54, 1.807) is 42.6 Å². The minimum atomic E-state index is -0.723. The van der Waals surface area contributed by atoms with E-state index in [2.05, 4.69) is 34.3 Å². The number of nitrogens with zero attached hydrogens (tertiary/aromatic N) is 5. The van der Waals surface area contributed by atoms with Gasteiger partial charge in [-0.2, -0.15) is 0 Å². The summed E-state index contributed by atoms with van der Waals surface area (Å²) in [6.07, 6.45) is 3.43. The second kappa shape index (κ2) is 12.0. The van der Waals surface area contributed by atoms with Gasteiger partial charge in [-0.25, -0.2) is 18.7 Å². The predicted molar refractivity (Wildman–Crippen MR) is 166 cm³/mol. The van der Waals surface area contributed by atoms with Crippen molar-refractivity contribution in [2.45, 2.75) is 25.4 Å². The van der Waals surface area contributed by atoms with Gasteiger partial charge in [0.15, 0.2) is 0 Å². The summed E-state index contributed by atoms with van der Waals surface area (Å²) in [5.74, 6) is -1.30. The van der Waals surface area contributed by atoms with Crippen molar-refractivity contribution in [3.8, 4) is 11.3 Å². The minimum absolute atomic E-state index is 0.106. The number of carbonyl (C=O) groups is 1. The van der Waals surface area contributed by atoms with Crippen LogP contribution >= 0.6 is 23.2 Å². The number of piperidine rings is 1. The molecule has 0 spiro atoms. The lowest BCUT2D eigenvalue weighted by Gasteiger charge is -2.35. The molecule has 43 heavy (non-hydrogen) atoms. The van der Waals surface area contributed by atoms with Crippen molar-refractivity contribution < 1.29 is 13.6 Å². The molecule has 0 radical (unpaired) electrons. The molecule has 0 bridgehead atoms. The number of likely N-dealkylation sites (tertiary alicyclic amines) is 1. The predicted octanol–water partition coefficient (Wildman–Crippen LogP) is 6.99. The summed E-state index contributed by atoms with van der Waals surface area (Å²) in [5.41, 5.74) is 3.20. The number of amides is 1. The van der Waals surface area contributed by atoms with Crippen molar-refractivity contribution in [1.29, 1.82) is 0 Å². The summed E-state index contributed by atoms with van der Waals surface area (Å²) in [4.78, 5) is 31.2. The summed E-state index contributed by atoms with van der Waals surface area (Å²) < 4.78 is 29.7. The van der Waals surface area contributed by atoms with Gasteiger partial charge in [-0.05, 0) is 69.4 Å². The molecule has 1 aromatic heterocycles. The topological polar surface area (TPSA) is 73.7 Å². The molecule has 0 atom stereocenters. The van der Waals surface area contributed by atoms with Gasteiger partial charge in [0.25, 0.3) is 5.91 Å². The van der Waals surface area contributed by atoms with Crippen LogP contribution in [-0.4, -0.2) is 64.6 Å². The number of nitrogens with one attached hydrogen (secondary N) is 1. The maximum atomic E-state index is 14.9. The molecule has 0 saturated carbocycles. The lowest BCUT2D eigenvalue weighted by atomic mass is 9.95. The number of anilines is 2. The number of benzene rings is 3. The molecule has 0 unspecified atom stereocenters. The van der Waals surface area contributed by atoms with Crippen molar-refractivity contribution in [3.63, 3.8) is 0 Å². The third-order valence-corrected chi connectivity index (χ3v) is 8.46. The SMILES string of the molecule is CN(C)C1CCN(C(=O)c2cc(Nc3ncc4c(n3)-c3ccc(Cl)cc3C(c3c(F)cccc3F)=NC4)ccc2Cl)CC1. The Morgan fingerprint density at radius 2 is 1.74 bits per heavy atom. The van der Waals surface area contributed by atoms with Gasteiger partial charge in [0.1, 0.15) is 11.6 Å². The Labute approximate surface area is 258 Å². The fourth-order valence-electron chi connectivity index (χ4n) is 5.57. The molecule has 220 valence electrons. The van der Waals surface area contributed by atoms with Crippen LogP contribution in [0.5, 0.6) is 0 Å². The first kappa shape index (κ1) is 29.2. The smallest absolute Gasteiger partial charge is 0.255 e. The van der Waals surface area contributed by atoms with Crippen LogP contribution in [0.3, 0.4) is 0 Å². The Balaban J connectivity index is 1.31. The number of hydrogen-bond donors (Lipinski definition) is 1. The third kappa shape index (κ3) is 5.85. The standard InChI is InChI=1S/C32H28Cl2F2N6O/c1-41(2)21-10-12-42(13-11-21)31(43)24-15-20(7-9-25(24)34)39-32-38-17-18-16-37-30(28-26(35)4-3-5-27(28)36)23-14-19(33)6-8-22(23)29(18)40-32/h3-9,14-15,17,21H,10-13,16H2,1-2H3,(H,38,39,40). The highest BCUT2D eigenvalue weighted by atomic mass is 35.5. The number of fused-ring (bicyclic) bond motifs is 3. The molecular formula is C32H28Cl2F2N6O. The minimum Gasteiger partial charge on any atom is -0.338 e. The van der Waals surface area contributed by atoms with Crippen molar-refractivity contribution >= 4 is 46.5 Å². The van der Waals surface area contributed by atoms with Gasteiger partial charge < -0.3 is 15.1 Å². The van der Waals surface area contributed by atoms with Crippen LogP contribution in [0, 0.1) is 11.6 Å². The van der Waals surface area contributed by atoms with Crippen LogP contribution < -0.4 is 5.32 Å². The van der Waals surface area contributed by atoms with E-state index in [0.29, 0.717) is 62.8 Å². The lowest BCUT2D eigenvalue weighted by Crippen LogP contribution is -2.44. The number of halogens is 4. The van der Waals surface area contributed by atoms with Gasteiger partial charge in [0, 0.05) is 52.7 Å². The van der Waals surface area contributed by atoms with E-state index in [0.717, 1.165) is 12.8 Å². The average Bonchev–Trinajstić information content (AvgIpc) is 3.14. The third-order valence-electron chi connectivity index (χ3n) is 7.90. The second-order valence-electron chi connectivity index (χ2n) is 10.8. The van der Waals surface area contributed by atoms with Crippen molar-refractivity contribution in [2.75, 3.05) is 32.5 Å². The number of hydrogen-bond acceptors (Lipinski definition) is 6. The van der Waals surface area contributed by atoms with Crippen molar-refractivity contribution in [1.82, 2.24) is 19.8 Å². The lowest BCUT2D eigenvalue weighted by molar-refractivity contribution is 0.0663. The van der Waals surface area contributed by atoms with Gasteiger partial charge >= 0.3 is 0 Å². The Morgan fingerprint density at radius 3 is 2.47 bits per heavy atom. The molecule has 3 aromatic carbocycles. The molecule has 3 heterocycles. The fourth-order valence-corrected chi connectivity index (χ4v) is 5.94. The highest BCUT2D eigenvalue weighted by molar-refractivity contribution is 6.34. The molecule has 4 aromatic rings. The van der Waals surface area contributed by atoms with E-state index in [-0.39, 0.29) is 29.7 Å². The highest BCUT2D eigenvalue weighted by Crippen LogP contribution is 2.35. The Kier molecular flexibility index (Phi) is 8.13. The maximum Gasteiger partial charge on any atom is 0.255 e. The van der Waals surface area contributed by atoms with Crippen LogP contribution in [0.1, 0.15) is 39.9 Å². The Bertz CT molecular complexity index is 1730. The molecule has 1 fully saturated rings. The molecule has 2 aliphatic heterocycles. The maximum absolute atomic E-state index is 14.9. The molecule has 2 aliphatic rings. The zero-order valence-corrected chi connectivity index (χ0v) is 25.1. The van der Waals surface area contributed by atoms with Gasteiger partial charge in [-0.1, -0.05) is 35.3 Å². The second-order valence-corrected chi connectivity index (χ2v) is 11.7. The zero-order chi connectivity index (χ0) is 30.2. The molecule has 7 nitrogen and oxygen atoms in total. The Morgan fingerprint density at radius 1 is 1.00 bits per heavy atom. The quantitative estimate of drug-likeness (QED) is 0.260. The first-order valence-corrected chi connectivity index (χ1v) is 14.6. The summed E-state index contributed by atoms with van der Waals surface area (Å²) in [7, 11) is 4.11. The van der Waals surface area contributed by atoms with Crippen LogP contribution in [0.25, 0.3) is 11.3 Å². The van der Waals surface area contributed by atoms with E-state index in [9.17, 15) is 13.6 Å². The van der Waals surface area contributed by atoms with E-state index in [1.807, 2.05) is 4.90 Å². The average molecular weight is 622 g/mol. The van der Waals surface area contributed by atoms with Crippen molar-refractivity contribution in [3.05, 3.63) is 105 Å². The molecule has 11 heteroatoms. The van der Waals surface area contributed by atoms with E-state index in [1.165, 1.54) is 18.2 Å². The molecule has 1 saturated heterocycles.